The molecule has 2 saturated carbocycles. The molecule has 149 heavy (non-hydrogen) atoms. The van der Waals surface area contributed by atoms with Crippen LogP contribution in [0, 0.1) is 95.7 Å². The number of fused-ring (bicyclic) bond motifs is 6. The average molecular weight is 2110 g/mol. The number of alkyl carbamates (subject to hydrolysis) is 1. The van der Waals surface area contributed by atoms with Gasteiger partial charge in [0.1, 0.15) is 60.3 Å². The molecule has 6 aliphatic heterocycles. The number of aldehydes is 1. The Morgan fingerprint density at radius 2 is 0.913 bits per heavy atom. The summed E-state index contributed by atoms with van der Waals surface area (Å²) in [6, 6.07) is -3.05. The van der Waals surface area contributed by atoms with Gasteiger partial charge in [-0.05, 0) is 215 Å². The number of aliphatic hydroxyl groups is 6. The molecule has 0 aromatic carbocycles. The number of hydrogen-bond donors (Lipinski definition) is 8. The van der Waals surface area contributed by atoms with Gasteiger partial charge in [-0.1, -0.05) is 167 Å². The Labute approximate surface area is 878 Å². The second-order valence-corrected chi connectivity index (χ2v) is 41.4. The summed E-state index contributed by atoms with van der Waals surface area (Å²) in [6.45, 7) is 24.8. The number of amides is 4. The van der Waals surface area contributed by atoms with Gasteiger partial charge in [-0.3, -0.25) is 43.2 Å². The number of halogens is 3. The zero-order valence-electron chi connectivity index (χ0n) is 89.7. The van der Waals surface area contributed by atoms with E-state index in [4.69, 9.17) is 65.0 Å². The molecule has 0 aromatic heterocycles. The number of ketones is 6. The van der Waals surface area contributed by atoms with Crippen LogP contribution >= 0.6 is 0 Å². The second kappa shape index (κ2) is 64.4. The molecule has 37 heteroatoms. The summed E-state index contributed by atoms with van der Waals surface area (Å²) < 4.78 is 93.4. The Morgan fingerprint density at radius 3 is 1.28 bits per heavy atom. The number of Topliss-reactive ketones (excluding diaryl/α,β-unsaturated/α-hetero) is 6. The molecule has 4 bridgehead atoms. The monoisotopic (exact) mass is 2110 g/mol. The number of piperidine rings is 2. The van der Waals surface area contributed by atoms with Crippen LogP contribution in [0.25, 0.3) is 0 Å². The van der Waals surface area contributed by atoms with Crippen molar-refractivity contribution in [2.75, 3.05) is 61.9 Å². The van der Waals surface area contributed by atoms with Crippen LogP contribution in [-0.4, -0.2) is 294 Å². The van der Waals surface area contributed by atoms with Crippen molar-refractivity contribution in [3.05, 3.63) is 95.2 Å². The van der Waals surface area contributed by atoms with Crippen molar-refractivity contribution in [2.45, 2.75) is 374 Å². The number of alkyl halides is 3. The number of cyclic esters (lactones) is 2. The van der Waals surface area contributed by atoms with Crippen molar-refractivity contribution < 1.29 is 158 Å². The zero-order valence-corrected chi connectivity index (χ0v) is 89.7. The van der Waals surface area contributed by atoms with Gasteiger partial charge in [-0.15, -0.1) is 12.8 Å². The molecule has 2 unspecified atom stereocenters. The highest BCUT2D eigenvalue weighted by atomic mass is 19.4. The van der Waals surface area contributed by atoms with Gasteiger partial charge < -0.3 is 104 Å². The fourth-order valence-electron chi connectivity index (χ4n) is 20.6. The number of allylic oxidation sites excluding steroid dienone is 12. The molecule has 8 aliphatic rings. The van der Waals surface area contributed by atoms with Crippen LogP contribution in [0.1, 0.15) is 258 Å². The van der Waals surface area contributed by atoms with E-state index in [0.29, 0.717) is 132 Å². The predicted octanol–water partition coefficient (Wildman–Crippen LogP) is 13.2. The average Bonchev–Trinajstić information content (AvgIpc) is 0.773. The SMILES string of the molecule is C.C#CCOC(=O)NC1C[C@@H]2CC[C@@H](C)[C@@](O)(O2)C(=O)C(=O)N2CCCC[C@H]2C(=O)O[C@H]([C@H](C)C[C@@H]2CC[C@@H](O)C(OC)C2)CC(=O)[C@H](C)/C=C(\C)[C@@H](O)[C@@H](OC)C(=O)[C@H](C)C[C@H](C)/C=C/C=C/C=C/1C.C#CCOC(N)=O.CO[C@H]1C[C@@H]2CC[C@@H](C)[C@@](O)(O2)C(=O)C(=O)N2CCCC[C@H]2C(=O)O[C@H]([C@H](C)C[C@@H]2CC[C@@H](O)[C@H](OC)C2)CC(=O)[C@H](C)/C=C(\C)[C@@H](O)[C@@H](OC)C(=O)[C@H](C)C[C@H](C)/C=C/C=C/C=C/1C.O=CC(F)(F)F. The highest BCUT2D eigenvalue weighted by molar-refractivity contribution is 6.39. The Kier molecular flexibility index (Phi) is 56.9. The van der Waals surface area contributed by atoms with Crippen LogP contribution in [0.4, 0.5) is 22.8 Å². The normalized spacial score (nSPS) is 36.3. The number of nitrogens with one attached hydrogen (secondary N) is 1. The molecule has 6 heterocycles. The third-order valence-electron chi connectivity index (χ3n) is 29.7. The summed E-state index contributed by atoms with van der Waals surface area (Å²) in [6.07, 6.45) is 23.9. The first-order valence-electron chi connectivity index (χ1n) is 51.8. The lowest BCUT2D eigenvalue weighted by Gasteiger charge is -2.43. The van der Waals surface area contributed by atoms with E-state index < -0.39 is 192 Å². The summed E-state index contributed by atoms with van der Waals surface area (Å²) in [5.74, 6) is -12.3. The first-order chi connectivity index (χ1) is 69.7. The number of hydrogen-bond acceptors (Lipinski definition) is 30. The predicted molar refractivity (Wildman–Crippen MR) is 550 cm³/mol. The molecule has 30 atom stereocenters. The number of primary amides is 1. The molecule has 0 aromatic rings. The number of aliphatic hydroxyl groups excluding tert-OH is 4. The number of nitrogens with zero attached hydrogens (tertiary/aromatic N) is 2. The maximum Gasteiger partial charge on any atom is 0.446 e. The van der Waals surface area contributed by atoms with Gasteiger partial charge >= 0.3 is 30.3 Å². The second-order valence-electron chi connectivity index (χ2n) is 41.4. The van der Waals surface area contributed by atoms with E-state index in [2.05, 4.69) is 27.6 Å². The van der Waals surface area contributed by atoms with E-state index in [9.17, 15) is 101 Å². The van der Waals surface area contributed by atoms with Crippen molar-refractivity contribution in [1.29, 1.82) is 0 Å². The summed E-state index contributed by atoms with van der Waals surface area (Å²) in [4.78, 5) is 175. The lowest BCUT2D eigenvalue weighted by atomic mass is 9.78. The molecule has 9 N–H and O–H groups in total. The van der Waals surface area contributed by atoms with Gasteiger partial charge in [0.05, 0.1) is 48.8 Å². The minimum atomic E-state index is -4.64. The number of terminal acetylenes is 2. The maximum absolute atomic E-state index is 14.4. The van der Waals surface area contributed by atoms with Crippen molar-refractivity contribution in [3.63, 3.8) is 0 Å². The zero-order chi connectivity index (χ0) is 111. The van der Waals surface area contributed by atoms with E-state index >= 15 is 0 Å². The lowest BCUT2D eigenvalue weighted by molar-refractivity contribution is -0.265. The molecule has 8 rings (SSSR count). The molecule has 838 valence electrons. The number of carbonyl (C=O) groups excluding carboxylic acids is 13. The standard InChI is InChI=1S/C54H80N2O14.C51H79NO13.C4H5NO2.C2HF3O.CH4/c1-11-25-68-53(64)55-41-30-40-22-20-38(8)54(65,70-40)50(61)51(62)56-24-16-15-19-42(56)52(63)69-45(35(5)28-39-21-23-43(57)46(29-39)66-9)31-44(58)34(4)27-37(7)48(60)49(67-10)47(59)36(6)26-32(2)17-13-12-14-18-33(41)3;1-30-16-12-11-13-17-31(2)42(61-8)28-38-21-19-36(7)51(60,65-38)48(57)49(58)52-23-15-14-18-39(52)50(59)64-43(33(4)26-37-20-22-40(53)44(27-37)62-9)29-41(54)32(3)25-35(6)46(56)47(63-10)45(55)34(5)24-30;1-2-3-7-4(5)6;3-2(4,5)1-6;/h1,12-14,17-18,27,32,34-36,38-43,45-46,48-49,57,60,65H,15-16,19-26,28-31H2,2-10H3,(H,55,64);11-13,16-17,25,30,32-34,36-40,42-44,46-47,53,56,60H,14-15,18-24,26-29H2,1-10H3;1H,3H2,(H2,5,6);1H;1H4/b14-12+,17-13+,33-18+,37-27+;13-11+,16-12+,31-17+,35-25+;;;/t32-,34-,35-,36-,38-,39+,40+,41?,42+,43-,45+,46?,48-,49+,54-;30-,32-,33-,34-,36-,37+,38+,39+,40-,42+,43+,44-,46-,47+,51-;;;/m11.../s1. The van der Waals surface area contributed by atoms with E-state index in [-0.39, 0.29) is 137 Å². The molecule has 4 saturated heterocycles. The largest absolute Gasteiger partial charge is 0.460 e. The Hall–Kier alpha value is -9.58. The summed E-state index contributed by atoms with van der Waals surface area (Å²) in [5.41, 5.74) is 6.82. The van der Waals surface area contributed by atoms with Crippen LogP contribution in [0.5, 0.6) is 0 Å². The number of rotatable bonds is 14. The fraction of sp³-hybridized carbons (Fsp3) is 0.705. The van der Waals surface area contributed by atoms with Gasteiger partial charge in [0.2, 0.25) is 17.9 Å². The smallest absolute Gasteiger partial charge is 0.446 e. The van der Waals surface area contributed by atoms with Crippen molar-refractivity contribution >= 4 is 76.9 Å². The summed E-state index contributed by atoms with van der Waals surface area (Å²) in [5, 5.41) is 70.7. The minimum absolute atomic E-state index is 0. The molecule has 0 spiro atoms. The molecule has 34 nitrogen and oxygen atoms in total. The Morgan fingerprint density at radius 1 is 0.523 bits per heavy atom. The highest BCUT2D eigenvalue weighted by Gasteiger charge is 2.56. The van der Waals surface area contributed by atoms with Crippen LogP contribution in [-0.2, 0) is 105 Å². The first kappa shape index (κ1) is 132. The molecule has 0 radical (unpaired) electrons. The number of methoxy groups -OCH3 is 5. The number of esters is 2. The van der Waals surface area contributed by atoms with Gasteiger partial charge in [0.25, 0.3) is 23.4 Å². The Bertz CT molecular complexity index is 4720. The number of ether oxygens (including phenoxy) is 11. The van der Waals surface area contributed by atoms with E-state index in [1.807, 2.05) is 84.1 Å². The highest BCUT2D eigenvalue weighted by Crippen LogP contribution is 2.42. The van der Waals surface area contributed by atoms with E-state index in [1.54, 1.807) is 107 Å². The quantitative estimate of drug-likeness (QED) is 0.0200. The lowest BCUT2D eigenvalue weighted by Crippen LogP contribution is -2.61. The minimum Gasteiger partial charge on any atom is -0.460 e. The topological polar surface area (TPSA) is 489 Å². The van der Waals surface area contributed by atoms with Crippen molar-refractivity contribution in [1.82, 2.24) is 15.1 Å². The molecular formula is C112H169F3N4O30. The number of carbonyl (C=O) groups is 13. The number of nitrogens with two attached hydrogens (primary N) is 1. The van der Waals surface area contributed by atoms with Crippen LogP contribution in [0.15, 0.2) is 95.2 Å². The molecular weight excluding hydrogens is 1940 g/mol. The van der Waals surface area contributed by atoms with Crippen LogP contribution in [0.2, 0.25) is 0 Å². The summed E-state index contributed by atoms with van der Waals surface area (Å²) in [7, 11) is 7.43. The van der Waals surface area contributed by atoms with Crippen LogP contribution < -0.4 is 11.1 Å². The van der Waals surface area contributed by atoms with Gasteiger partial charge in [0.15, 0.2) is 24.8 Å². The van der Waals surface area contributed by atoms with E-state index in [1.165, 1.54) is 19.1 Å². The van der Waals surface area contributed by atoms with Crippen molar-refractivity contribution in [2.24, 2.45) is 76.7 Å². The van der Waals surface area contributed by atoms with Gasteiger partial charge in [-0.25, -0.2) is 19.2 Å². The molecule has 4 amide bonds. The Balaban J connectivity index is 0.000000550. The molecule has 2 aliphatic carbocycles. The van der Waals surface area contributed by atoms with Crippen LogP contribution in [0.3, 0.4) is 0 Å². The fourth-order valence-corrected chi connectivity index (χ4v) is 20.6. The summed E-state index contributed by atoms with van der Waals surface area (Å²) >= 11 is 0. The maximum atomic E-state index is 14.4. The molecule has 6 fully saturated rings. The van der Waals surface area contributed by atoms with Gasteiger partial charge in [-0.2, -0.15) is 13.2 Å². The third-order valence-corrected chi connectivity index (χ3v) is 29.7. The third kappa shape index (κ3) is 40.8. The van der Waals surface area contributed by atoms with E-state index in [0.717, 1.165) is 16.9 Å². The van der Waals surface area contributed by atoms with Gasteiger partial charge in [0, 0.05) is 103 Å². The van der Waals surface area contributed by atoms with Crippen molar-refractivity contribution in [3.8, 4) is 24.7 Å². The first-order valence-corrected chi connectivity index (χ1v) is 51.8.